The number of aliphatic hydroxyl groups is 1. The first-order valence-electron chi connectivity index (χ1n) is 8.57. The van der Waals surface area contributed by atoms with E-state index in [1.54, 1.807) is 19.1 Å². The van der Waals surface area contributed by atoms with Crippen molar-refractivity contribution >= 4 is 0 Å². The van der Waals surface area contributed by atoms with Crippen LogP contribution in [0.5, 0.6) is 5.75 Å². The highest BCUT2D eigenvalue weighted by Gasteiger charge is 2.36. The first kappa shape index (κ1) is 17.6. The topological polar surface area (TPSA) is 51.2 Å². The quantitative estimate of drug-likeness (QED) is 0.906. The number of aryl methyl sites for hydroxylation is 1. The average Bonchev–Trinajstić information content (AvgIpc) is 2.79. The van der Waals surface area contributed by atoms with E-state index in [0.29, 0.717) is 30.5 Å². The van der Waals surface area contributed by atoms with Crippen molar-refractivity contribution in [3.63, 3.8) is 0 Å². The summed E-state index contributed by atoms with van der Waals surface area (Å²) in [4.78, 5) is 2.29. The van der Waals surface area contributed by atoms with Gasteiger partial charge in [0.05, 0.1) is 13.2 Å². The highest BCUT2D eigenvalue weighted by Crippen LogP contribution is 2.22. The van der Waals surface area contributed by atoms with Gasteiger partial charge in [-0.3, -0.25) is 4.90 Å². The Morgan fingerprint density at radius 2 is 2.08 bits per heavy atom. The third kappa shape index (κ3) is 4.45. The Bertz CT molecular complexity index is 550. The first-order valence-corrected chi connectivity index (χ1v) is 8.57. The lowest BCUT2D eigenvalue weighted by Crippen LogP contribution is -2.52. The molecule has 2 heterocycles. The van der Waals surface area contributed by atoms with Gasteiger partial charge in [-0.1, -0.05) is 0 Å². The summed E-state index contributed by atoms with van der Waals surface area (Å²) in [6.07, 6.45) is 1.96. The Morgan fingerprint density at radius 3 is 2.83 bits per heavy atom. The molecule has 2 aliphatic heterocycles. The van der Waals surface area contributed by atoms with Gasteiger partial charge in [0.1, 0.15) is 23.8 Å². The molecule has 1 aromatic rings. The summed E-state index contributed by atoms with van der Waals surface area (Å²) in [5.41, 5.74) is -0.544. The lowest BCUT2D eigenvalue weighted by molar-refractivity contribution is -0.0714. The third-order valence-electron chi connectivity index (χ3n) is 4.74. The van der Waals surface area contributed by atoms with Crippen LogP contribution in [-0.4, -0.2) is 67.8 Å². The van der Waals surface area contributed by atoms with Crippen molar-refractivity contribution in [3.8, 4) is 5.75 Å². The minimum absolute atomic E-state index is 0.123. The Balaban J connectivity index is 1.62. The van der Waals surface area contributed by atoms with E-state index < -0.39 is 5.60 Å². The number of hydrogen-bond donors (Lipinski definition) is 1. The van der Waals surface area contributed by atoms with Crippen molar-refractivity contribution < 1.29 is 23.7 Å². The number of rotatable bonds is 4. The molecular weight excluding hydrogens is 313 g/mol. The smallest absolute Gasteiger partial charge is 0.134 e. The maximum Gasteiger partial charge on any atom is 0.134 e. The second-order valence-electron chi connectivity index (χ2n) is 6.79. The maximum absolute atomic E-state index is 13.3. The molecule has 1 atom stereocenters. The lowest BCUT2D eigenvalue weighted by atomic mass is 10.0. The molecule has 0 bridgehead atoms. The minimum atomic E-state index is -1.07. The number of benzene rings is 1. The van der Waals surface area contributed by atoms with Crippen LogP contribution in [0.4, 0.5) is 4.39 Å². The molecular formula is C18H26FNO4. The van der Waals surface area contributed by atoms with E-state index in [1.165, 1.54) is 6.07 Å². The SMILES string of the molecule is Cc1cc(OC[C@]2(O)COCCN(C3CCOCC3)C2)ccc1F. The molecule has 6 heteroatoms. The second kappa shape index (κ2) is 7.78. The highest BCUT2D eigenvalue weighted by atomic mass is 19.1. The zero-order chi connectivity index (χ0) is 17.0. The molecule has 2 fully saturated rings. The van der Waals surface area contributed by atoms with E-state index >= 15 is 0 Å². The largest absolute Gasteiger partial charge is 0.490 e. The van der Waals surface area contributed by atoms with E-state index in [4.69, 9.17) is 14.2 Å². The molecule has 2 aliphatic rings. The first-order chi connectivity index (χ1) is 11.6. The predicted octanol–water partition coefficient (Wildman–Crippen LogP) is 1.76. The van der Waals surface area contributed by atoms with E-state index in [-0.39, 0.29) is 19.0 Å². The molecule has 0 spiro atoms. The van der Waals surface area contributed by atoms with Crippen LogP contribution in [0.25, 0.3) is 0 Å². The van der Waals surface area contributed by atoms with Crippen LogP contribution < -0.4 is 4.74 Å². The fourth-order valence-corrected chi connectivity index (χ4v) is 3.32. The van der Waals surface area contributed by atoms with Crippen molar-refractivity contribution in [2.24, 2.45) is 0 Å². The Morgan fingerprint density at radius 1 is 1.29 bits per heavy atom. The maximum atomic E-state index is 13.3. The van der Waals surface area contributed by atoms with Crippen molar-refractivity contribution in [1.82, 2.24) is 4.90 Å². The second-order valence-corrected chi connectivity index (χ2v) is 6.79. The monoisotopic (exact) mass is 339 g/mol. The molecule has 0 aliphatic carbocycles. The predicted molar refractivity (Wildman–Crippen MR) is 87.8 cm³/mol. The molecule has 5 nitrogen and oxygen atoms in total. The molecule has 0 unspecified atom stereocenters. The van der Waals surface area contributed by atoms with Gasteiger partial charge in [-0.2, -0.15) is 0 Å². The highest BCUT2D eigenvalue weighted by molar-refractivity contribution is 5.28. The lowest BCUT2D eigenvalue weighted by Gasteiger charge is -2.37. The van der Waals surface area contributed by atoms with Crippen molar-refractivity contribution in [2.45, 2.75) is 31.4 Å². The summed E-state index contributed by atoms with van der Waals surface area (Å²) in [6.45, 7) is 5.52. The summed E-state index contributed by atoms with van der Waals surface area (Å²) >= 11 is 0. The molecule has 134 valence electrons. The average molecular weight is 339 g/mol. The summed E-state index contributed by atoms with van der Waals surface area (Å²) in [5.74, 6) is 0.300. The number of nitrogens with zero attached hydrogens (tertiary/aromatic N) is 1. The van der Waals surface area contributed by atoms with Gasteiger partial charge >= 0.3 is 0 Å². The van der Waals surface area contributed by atoms with Gasteiger partial charge in [-0.25, -0.2) is 4.39 Å². The number of β-amino-alcohol motifs (C(OH)–C–C–N with tert-alkyl or cyclic N) is 1. The normalized spacial score (nSPS) is 27.0. The molecule has 0 aromatic heterocycles. The van der Waals surface area contributed by atoms with Crippen molar-refractivity contribution in [1.29, 1.82) is 0 Å². The van der Waals surface area contributed by atoms with Crippen molar-refractivity contribution in [3.05, 3.63) is 29.6 Å². The van der Waals surface area contributed by atoms with Crippen LogP contribution in [0, 0.1) is 12.7 Å². The van der Waals surface area contributed by atoms with Gasteiger partial charge in [0.2, 0.25) is 0 Å². The molecule has 0 radical (unpaired) electrons. The van der Waals surface area contributed by atoms with Crippen LogP contribution in [0.1, 0.15) is 18.4 Å². The van der Waals surface area contributed by atoms with E-state index in [9.17, 15) is 9.50 Å². The fourth-order valence-electron chi connectivity index (χ4n) is 3.32. The molecule has 2 saturated heterocycles. The Labute approximate surface area is 142 Å². The summed E-state index contributed by atoms with van der Waals surface area (Å²) in [7, 11) is 0. The van der Waals surface area contributed by atoms with Gasteiger partial charge < -0.3 is 19.3 Å². The molecule has 3 rings (SSSR count). The summed E-state index contributed by atoms with van der Waals surface area (Å²) in [5, 5.41) is 10.9. The number of halogens is 1. The standard InChI is InChI=1S/C18H26FNO4/c1-14-10-16(2-3-17(14)19)24-13-18(21)11-20(6-9-23-12-18)15-4-7-22-8-5-15/h2-3,10,15,21H,4-9,11-13H2,1H3/t18-/m1/s1. The van der Waals surface area contributed by atoms with Gasteiger partial charge in [-0.05, 0) is 43.5 Å². The van der Waals surface area contributed by atoms with Crippen LogP contribution in [0.2, 0.25) is 0 Å². The molecule has 0 amide bonds. The minimum Gasteiger partial charge on any atom is -0.490 e. The fraction of sp³-hybridized carbons (Fsp3) is 0.667. The van der Waals surface area contributed by atoms with E-state index in [1.807, 2.05) is 0 Å². The Kier molecular flexibility index (Phi) is 5.71. The van der Waals surface area contributed by atoms with Gasteiger partial charge in [0, 0.05) is 32.3 Å². The van der Waals surface area contributed by atoms with E-state index in [2.05, 4.69) is 4.90 Å². The molecule has 0 saturated carbocycles. The molecule has 1 N–H and O–H groups in total. The van der Waals surface area contributed by atoms with Crippen LogP contribution in [0.3, 0.4) is 0 Å². The third-order valence-corrected chi connectivity index (χ3v) is 4.74. The van der Waals surface area contributed by atoms with Gasteiger partial charge in [-0.15, -0.1) is 0 Å². The Hall–Kier alpha value is -1.21. The van der Waals surface area contributed by atoms with E-state index in [0.717, 1.165) is 32.6 Å². The van der Waals surface area contributed by atoms with Crippen LogP contribution >= 0.6 is 0 Å². The summed E-state index contributed by atoms with van der Waals surface area (Å²) in [6, 6.07) is 5.03. The van der Waals surface area contributed by atoms with Crippen LogP contribution in [-0.2, 0) is 9.47 Å². The number of hydrogen-bond acceptors (Lipinski definition) is 5. The molecule has 1 aromatic carbocycles. The zero-order valence-corrected chi connectivity index (χ0v) is 14.2. The summed E-state index contributed by atoms with van der Waals surface area (Å²) < 4.78 is 30.1. The van der Waals surface area contributed by atoms with Crippen molar-refractivity contribution in [2.75, 3.05) is 46.1 Å². The van der Waals surface area contributed by atoms with Gasteiger partial charge in [0.25, 0.3) is 0 Å². The van der Waals surface area contributed by atoms with Crippen LogP contribution in [0.15, 0.2) is 18.2 Å². The molecule has 24 heavy (non-hydrogen) atoms. The van der Waals surface area contributed by atoms with Gasteiger partial charge in [0.15, 0.2) is 0 Å². The number of ether oxygens (including phenoxy) is 3. The zero-order valence-electron chi connectivity index (χ0n) is 14.2.